The quantitative estimate of drug-likeness (QED) is 0.853. The van der Waals surface area contributed by atoms with Crippen LogP contribution in [-0.4, -0.2) is 44.2 Å². The zero-order chi connectivity index (χ0) is 17.0. The maximum atomic E-state index is 12.8. The van der Waals surface area contributed by atoms with E-state index in [4.69, 9.17) is 0 Å². The number of carbonyl (C=O) groups is 2. The predicted molar refractivity (Wildman–Crippen MR) is 86.3 cm³/mol. The van der Waals surface area contributed by atoms with Crippen molar-refractivity contribution >= 4 is 27.5 Å². The average Bonchev–Trinajstić information content (AvgIpc) is 2.54. The Morgan fingerprint density at radius 3 is 2.39 bits per heavy atom. The standard InChI is InChI=1S/C15H21N3O4S/c1-11(19)17-12-6-8-13(9-7-12)23(21,22)18-10-4-3-5-14(18)15(20)16-2/h6-9,14H,3-5,10H2,1-2H3,(H,16,20)(H,17,19)/t14-/m1/s1. The highest BCUT2D eigenvalue weighted by molar-refractivity contribution is 7.89. The van der Waals surface area contributed by atoms with Crippen LogP contribution in [0.2, 0.25) is 0 Å². The number of anilines is 1. The number of rotatable bonds is 4. The van der Waals surface area contributed by atoms with E-state index in [0.717, 1.165) is 12.8 Å². The molecule has 0 radical (unpaired) electrons. The van der Waals surface area contributed by atoms with Crippen LogP contribution in [0, 0.1) is 0 Å². The van der Waals surface area contributed by atoms with Crippen molar-refractivity contribution in [2.45, 2.75) is 37.1 Å². The minimum atomic E-state index is -3.75. The Hall–Kier alpha value is -1.93. The van der Waals surface area contributed by atoms with E-state index in [-0.39, 0.29) is 16.7 Å². The van der Waals surface area contributed by atoms with Crippen LogP contribution in [0.1, 0.15) is 26.2 Å². The van der Waals surface area contributed by atoms with E-state index in [1.807, 2.05) is 0 Å². The van der Waals surface area contributed by atoms with Gasteiger partial charge in [0.1, 0.15) is 6.04 Å². The highest BCUT2D eigenvalue weighted by atomic mass is 32.2. The molecule has 1 saturated heterocycles. The van der Waals surface area contributed by atoms with Gasteiger partial charge in [0.05, 0.1) is 4.90 Å². The fraction of sp³-hybridized carbons (Fsp3) is 0.467. The molecular formula is C15H21N3O4S. The summed E-state index contributed by atoms with van der Waals surface area (Å²) < 4.78 is 26.9. The van der Waals surface area contributed by atoms with Gasteiger partial charge in [-0.1, -0.05) is 6.42 Å². The summed E-state index contributed by atoms with van der Waals surface area (Å²) in [6, 6.07) is 5.28. The highest BCUT2D eigenvalue weighted by Gasteiger charge is 2.37. The number of amides is 2. The maximum absolute atomic E-state index is 12.8. The van der Waals surface area contributed by atoms with Gasteiger partial charge in [0.25, 0.3) is 0 Å². The normalized spacial score (nSPS) is 19.1. The van der Waals surface area contributed by atoms with Gasteiger partial charge in [0.2, 0.25) is 21.8 Å². The molecule has 0 unspecified atom stereocenters. The molecule has 0 saturated carbocycles. The lowest BCUT2D eigenvalue weighted by Gasteiger charge is -2.33. The molecule has 1 atom stereocenters. The van der Waals surface area contributed by atoms with Gasteiger partial charge in [-0.25, -0.2) is 8.42 Å². The van der Waals surface area contributed by atoms with Crippen LogP contribution in [0.4, 0.5) is 5.69 Å². The van der Waals surface area contributed by atoms with Crippen LogP contribution in [0.25, 0.3) is 0 Å². The van der Waals surface area contributed by atoms with Crippen LogP contribution >= 0.6 is 0 Å². The van der Waals surface area contributed by atoms with Crippen molar-refractivity contribution in [1.29, 1.82) is 0 Å². The van der Waals surface area contributed by atoms with E-state index in [0.29, 0.717) is 18.7 Å². The van der Waals surface area contributed by atoms with E-state index in [9.17, 15) is 18.0 Å². The molecule has 1 aliphatic heterocycles. The lowest BCUT2D eigenvalue weighted by Crippen LogP contribution is -2.51. The first-order valence-corrected chi connectivity index (χ1v) is 8.91. The molecule has 0 aliphatic carbocycles. The zero-order valence-corrected chi connectivity index (χ0v) is 14.0. The molecule has 1 heterocycles. The summed E-state index contributed by atoms with van der Waals surface area (Å²) in [4.78, 5) is 23.1. The minimum Gasteiger partial charge on any atom is -0.358 e. The van der Waals surface area contributed by atoms with Gasteiger partial charge in [-0.2, -0.15) is 4.31 Å². The van der Waals surface area contributed by atoms with Crippen molar-refractivity contribution < 1.29 is 18.0 Å². The van der Waals surface area contributed by atoms with Gasteiger partial charge >= 0.3 is 0 Å². The number of nitrogens with one attached hydrogen (secondary N) is 2. The van der Waals surface area contributed by atoms with Gasteiger partial charge < -0.3 is 10.6 Å². The van der Waals surface area contributed by atoms with E-state index >= 15 is 0 Å². The van der Waals surface area contributed by atoms with E-state index in [2.05, 4.69) is 10.6 Å². The monoisotopic (exact) mass is 339 g/mol. The summed E-state index contributed by atoms with van der Waals surface area (Å²) in [7, 11) is -2.25. The third kappa shape index (κ3) is 3.89. The summed E-state index contributed by atoms with van der Waals surface area (Å²) in [6.07, 6.45) is 2.07. The van der Waals surface area contributed by atoms with Gasteiger partial charge in [0.15, 0.2) is 0 Å². The Morgan fingerprint density at radius 1 is 1.17 bits per heavy atom. The van der Waals surface area contributed by atoms with Crippen molar-refractivity contribution in [2.75, 3.05) is 18.9 Å². The third-order valence-corrected chi connectivity index (χ3v) is 5.71. The predicted octanol–water partition coefficient (Wildman–Crippen LogP) is 0.934. The van der Waals surface area contributed by atoms with Crippen molar-refractivity contribution in [2.24, 2.45) is 0 Å². The summed E-state index contributed by atoms with van der Waals surface area (Å²) in [5, 5.41) is 5.11. The Bertz CT molecular complexity index is 685. The number of hydrogen-bond acceptors (Lipinski definition) is 4. The molecule has 8 heteroatoms. The SMILES string of the molecule is CNC(=O)[C@H]1CCCCN1S(=O)(=O)c1ccc(NC(C)=O)cc1. The number of sulfonamides is 1. The second kappa shape index (κ2) is 7.10. The smallest absolute Gasteiger partial charge is 0.243 e. The molecule has 1 aromatic rings. The molecular weight excluding hydrogens is 318 g/mol. The summed E-state index contributed by atoms with van der Waals surface area (Å²) in [5.74, 6) is -0.514. The average molecular weight is 339 g/mol. The van der Waals surface area contributed by atoms with Gasteiger partial charge in [-0.3, -0.25) is 9.59 Å². The van der Waals surface area contributed by atoms with Crippen LogP contribution < -0.4 is 10.6 Å². The minimum absolute atomic E-state index is 0.113. The second-order valence-electron chi connectivity index (χ2n) is 5.45. The molecule has 1 aromatic carbocycles. The molecule has 0 aromatic heterocycles. The molecule has 0 bridgehead atoms. The van der Waals surface area contributed by atoms with Crippen LogP contribution in [0.3, 0.4) is 0 Å². The summed E-state index contributed by atoms with van der Waals surface area (Å²) in [6.45, 7) is 1.71. The van der Waals surface area contributed by atoms with E-state index in [1.54, 1.807) is 0 Å². The topological polar surface area (TPSA) is 95.6 Å². The molecule has 2 N–H and O–H groups in total. The maximum Gasteiger partial charge on any atom is 0.243 e. The zero-order valence-electron chi connectivity index (χ0n) is 13.2. The van der Waals surface area contributed by atoms with Gasteiger partial charge in [-0.15, -0.1) is 0 Å². The Balaban J connectivity index is 2.28. The number of hydrogen-bond donors (Lipinski definition) is 2. The van der Waals surface area contributed by atoms with Crippen molar-refractivity contribution in [3.8, 4) is 0 Å². The van der Waals surface area contributed by atoms with Crippen molar-refractivity contribution in [3.63, 3.8) is 0 Å². The second-order valence-corrected chi connectivity index (χ2v) is 7.34. The number of likely N-dealkylation sites (N-methyl/N-ethyl adjacent to an activating group) is 1. The Morgan fingerprint density at radius 2 is 1.83 bits per heavy atom. The lowest BCUT2D eigenvalue weighted by molar-refractivity contribution is -0.125. The van der Waals surface area contributed by atoms with Crippen molar-refractivity contribution in [1.82, 2.24) is 9.62 Å². The molecule has 1 aliphatic rings. The van der Waals surface area contributed by atoms with E-state index in [1.165, 1.54) is 42.5 Å². The number of nitrogens with zero attached hydrogens (tertiary/aromatic N) is 1. The van der Waals surface area contributed by atoms with Crippen molar-refractivity contribution in [3.05, 3.63) is 24.3 Å². The molecule has 7 nitrogen and oxygen atoms in total. The van der Waals surface area contributed by atoms with Crippen LogP contribution in [0.5, 0.6) is 0 Å². The molecule has 2 amide bonds. The highest BCUT2D eigenvalue weighted by Crippen LogP contribution is 2.26. The molecule has 23 heavy (non-hydrogen) atoms. The largest absolute Gasteiger partial charge is 0.358 e. The Kier molecular flexibility index (Phi) is 5.38. The molecule has 126 valence electrons. The fourth-order valence-electron chi connectivity index (χ4n) is 2.67. The first kappa shape index (κ1) is 17.4. The summed E-state index contributed by atoms with van der Waals surface area (Å²) >= 11 is 0. The third-order valence-electron chi connectivity index (χ3n) is 3.78. The number of carbonyl (C=O) groups excluding carboxylic acids is 2. The number of piperidine rings is 1. The molecule has 0 spiro atoms. The van der Waals surface area contributed by atoms with Gasteiger partial charge in [0, 0.05) is 26.2 Å². The first-order chi connectivity index (χ1) is 10.9. The summed E-state index contributed by atoms with van der Waals surface area (Å²) in [5.41, 5.74) is 0.526. The van der Waals surface area contributed by atoms with E-state index < -0.39 is 16.1 Å². The van der Waals surface area contributed by atoms with Gasteiger partial charge in [-0.05, 0) is 37.1 Å². The Labute approximate surface area is 136 Å². The van der Waals surface area contributed by atoms with Crippen LogP contribution in [0.15, 0.2) is 29.2 Å². The number of benzene rings is 1. The molecule has 2 rings (SSSR count). The molecule has 1 fully saturated rings. The van der Waals surface area contributed by atoms with Crippen LogP contribution in [-0.2, 0) is 19.6 Å². The fourth-order valence-corrected chi connectivity index (χ4v) is 4.33. The first-order valence-electron chi connectivity index (χ1n) is 7.47. The lowest BCUT2D eigenvalue weighted by atomic mass is 10.0.